The van der Waals surface area contributed by atoms with Crippen LogP contribution < -0.4 is 0 Å². The van der Waals surface area contributed by atoms with Gasteiger partial charge < -0.3 is 4.90 Å². The molecule has 4 aromatic rings. The zero-order valence-electron chi connectivity index (χ0n) is 16.5. The van der Waals surface area contributed by atoms with Gasteiger partial charge in [-0.05, 0) is 42.6 Å². The highest BCUT2D eigenvalue weighted by Crippen LogP contribution is 2.30. The molecule has 5 rings (SSSR count). The maximum Gasteiger partial charge on any atom is 0.264 e. The number of carbonyl (C=O) groups is 1. The largest absolute Gasteiger partial charge is 0.335 e. The Hall–Kier alpha value is -2.55. The van der Waals surface area contributed by atoms with E-state index in [-0.39, 0.29) is 11.7 Å². The molecule has 0 saturated carbocycles. The molecule has 5 nitrogen and oxygen atoms in total. The first-order valence-electron chi connectivity index (χ1n) is 9.87. The predicted molar refractivity (Wildman–Crippen MR) is 119 cm³/mol. The SMILES string of the molecule is Cc1cn2c(CN3CCN(C(=O)c4cccs4)CC3)c(-c3ccc(F)cc3)nc2s1. The summed E-state index contributed by atoms with van der Waals surface area (Å²) in [6.07, 6.45) is 2.12. The van der Waals surface area contributed by atoms with Crippen molar-refractivity contribution in [3.63, 3.8) is 0 Å². The molecular weight excluding hydrogens is 419 g/mol. The van der Waals surface area contributed by atoms with E-state index in [1.165, 1.54) is 28.3 Å². The number of aromatic nitrogens is 2. The molecule has 0 aliphatic carbocycles. The van der Waals surface area contributed by atoms with Crippen LogP contribution in [0.5, 0.6) is 0 Å². The summed E-state index contributed by atoms with van der Waals surface area (Å²) in [7, 11) is 0. The molecule has 1 aromatic carbocycles. The number of nitrogens with zero attached hydrogens (tertiary/aromatic N) is 4. The van der Waals surface area contributed by atoms with Crippen LogP contribution in [-0.4, -0.2) is 51.3 Å². The fraction of sp³-hybridized carbons (Fsp3) is 0.273. The molecule has 0 radical (unpaired) electrons. The van der Waals surface area contributed by atoms with E-state index in [2.05, 4.69) is 22.4 Å². The van der Waals surface area contributed by atoms with Gasteiger partial charge in [-0.1, -0.05) is 6.07 Å². The molecule has 1 fully saturated rings. The number of fused-ring (bicyclic) bond motifs is 1. The van der Waals surface area contributed by atoms with Crippen molar-refractivity contribution in [2.24, 2.45) is 0 Å². The summed E-state index contributed by atoms with van der Waals surface area (Å²) in [5, 5.41) is 1.94. The number of thiophene rings is 1. The van der Waals surface area contributed by atoms with Gasteiger partial charge in [0.15, 0.2) is 4.96 Å². The number of carbonyl (C=O) groups excluding carboxylic acids is 1. The van der Waals surface area contributed by atoms with Crippen LogP contribution in [0.1, 0.15) is 20.2 Å². The van der Waals surface area contributed by atoms with Gasteiger partial charge in [-0.15, -0.1) is 22.7 Å². The molecule has 3 aromatic heterocycles. The van der Waals surface area contributed by atoms with Crippen molar-refractivity contribution in [2.75, 3.05) is 26.2 Å². The Balaban J connectivity index is 1.37. The molecule has 1 aliphatic rings. The number of aryl methyl sites for hydroxylation is 1. The van der Waals surface area contributed by atoms with E-state index in [9.17, 15) is 9.18 Å². The molecule has 0 atom stereocenters. The second-order valence-corrected chi connectivity index (χ2v) is 9.61. The first-order valence-corrected chi connectivity index (χ1v) is 11.6. The molecule has 0 unspecified atom stereocenters. The van der Waals surface area contributed by atoms with Gasteiger partial charge in [0, 0.05) is 49.4 Å². The third-order valence-corrected chi connectivity index (χ3v) is 7.18. The summed E-state index contributed by atoms with van der Waals surface area (Å²) in [5.74, 6) is -0.124. The first-order chi connectivity index (χ1) is 14.6. The van der Waals surface area contributed by atoms with Gasteiger partial charge in [0.2, 0.25) is 0 Å². The van der Waals surface area contributed by atoms with E-state index >= 15 is 0 Å². The lowest BCUT2D eigenvalue weighted by Crippen LogP contribution is -2.48. The minimum Gasteiger partial charge on any atom is -0.335 e. The van der Waals surface area contributed by atoms with E-state index in [1.807, 2.05) is 22.4 Å². The Labute approximate surface area is 182 Å². The average molecular weight is 441 g/mol. The van der Waals surface area contributed by atoms with Crippen LogP contribution in [0.4, 0.5) is 4.39 Å². The highest BCUT2D eigenvalue weighted by Gasteiger charge is 2.25. The number of piperazine rings is 1. The van der Waals surface area contributed by atoms with Crippen LogP contribution in [0.3, 0.4) is 0 Å². The number of halogens is 1. The lowest BCUT2D eigenvalue weighted by molar-refractivity contribution is 0.0631. The van der Waals surface area contributed by atoms with E-state index in [0.29, 0.717) is 13.1 Å². The van der Waals surface area contributed by atoms with E-state index < -0.39 is 0 Å². The Morgan fingerprint density at radius 1 is 1.13 bits per heavy atom. The first kappa shape index (κ1) is 19.4. The van der Waals surface area contributed by atoms with Gasteiger partial charge in [0.05, 0.1) is 16.3 Å². The molecule has 1 aliphatic heterocycles. The molecule has 30 heavy (non-hydrogen) atoms. The van der Waals surface area contributed by atoms with Gasteiger partial charge in [-0.25, -0.2) is 9.37 Å². The number of amides is 1. The van der Waals surface area contributed by atoms with Gasteiger partial charge in [0.1, 0.15) is 5.82 Å². The molecule has 1 saturated heterocycles. The van der Waals surface area contributed by atoms with Gasteiger partial charge in [-0.3, -0.25) is 14.1 Å². The summed E-state index contributed by atoms with van der Waals surface area (Å²) in [5.41, 5.74) is 2.93. The fourth-order valence-electron chi connectivity index (χ4n) is 3.87. The van der Waals surface area contributed by atoms with Crippen LogP contribution in [0.15, 0.2) is 48.0 Å². The number of imidazole rings is 1. The van der Waals surface area contributed by atoms with Crippen molar-refractivity contribution in [1.29, 1.82) is 0 Å². The minimum atomic E-state index is -0.247. The number of benzene rings is 1. The van der Waals surface area contributed by atoms with Crippen molar-refractivity contribution in [3.8, 4) is 11.3 Å². The Kier molecular flexibility index (Phi) is 5.14. The molecule has 154 valence electrons. The van der Waals surface area contributed by atoms with Crippen LogP contribution in [-0.2, 0) is 6.54 Å². The molecule has 0 spiro atoms. The second kappa shape index (κ2) is 7.94. The van der Waals surface area contributed by atoms with Crippen LogP contribution in [0.25, 0.3) is 16.2 Å². The summed E-state index contributed by atoms with van der Waals surface area (Å²) < 4.78 is 15.6. The third kappa shape index (κ3) is 3.66. The summed E-state index contributed by atoms with van der Waals surface area (Å²) in [6, 6.07) is 10.3. The molecule has 8 heteroatoms. The molecule has 0 N–H and O–H groups in total. The van der Waals surface area contributed by atoms with Crippen LogP contribution in [0, 0.1) is 12.7 Å². The smallest absolute Gasteiger partial charge is 0.264 e. The van der Waals surface area contributed by atoms with Gasteiger partial charge in [0.25, 0.3) is 5.91 Å². The van der Waals surface area contributed by atoms with Crippen molar-refractivity contribution in [2.45, 2.75) is 13.5 Å². The Bertz CT molecular complexity index is 1170. The third-order valence-electron chi connectivity index (χ3n) is 5.42. The maximum atomic E-state index is 13.4. The number of rotatable bonds is 4. The standard InChI is InChI=1S/C22H21FN4OS2/c1-15-13-27-18(20(24-22(27)30-15)16-4-6-17(23)7-5-16)14-25-8-10-26(11-9-25)21(28)19-3-2-12-29-19/h2-7,12-13H,8-11,14H2,1H3. The minimum absolute atomic E-state index is 0.122. The van der Waals surface area contributed by atoms with Gasteiger partial charge in [-0.2, -0.15) is 0 Å². The van der Waals surface area contributed by atoms with E-state index in [4.69, 9.17) is 4.98 Å². The molecule has 1 amide bonds. The highest BCUT2D eigenvalue weighted by molar-refractivity contribution is 7.17. The summed E-state index contributed by atoms with van der Waals surface area (Å²) in [6.45, 7) is 5.88. The quantitative estimate of drug-likeness (QED) is 0.468. The number of hydrogen-bond donors (Lipinski definition) is 0. The molecule has 4 heterocycles. The summed E-state index contributed by atoms with van der Waals surface area (Å²) in [4.78, 5) is 24.7. The highest BCUT2D eigenvalue weighted by atomic mass is 32.1. The van der Waals surface area contributed by atoms with Gasteiger partial charge >= 0.3 is 0 Å². The zero-order valence-corrected chi connectivity index (χ0v) is 18.2. The number of thiazole rings is 1. The van der Waals surface area contributed by atoms with Crippen LogP contribution in [0.2, 0.25) is 0 Å². The second-order valence-electron chi connectivity index (χ2n) is 7.45. The van der Waals surface area contributed by atoms with Crippen molar-refractivity contribution >= 4 is 33.5 Å². The Morgan fingerprint density at radius 3 is 2.60 bits per heavy atom. The summed E-state index contributed by atoms with van der Waals surface area (Å²) >= 11 is 3.15. The van der Waals surface area contributed by atoms with Crippen molar-refractivity contribution < 1.29 is 9.18 Å². The average Bonchev–Trinajstić information content (AvgIpc) is 3.47. The van der Waals surface area contributed by atoms with E-state index in [0.717, 1.165) is 46.4 Å². The number of hydrogen-bond acceptors (Lipinski definition) is 5. The topological polar surface area (TPSA) is 40.9 Å². The predicted octanol–water partition coefficient (Wildman–Crippen LogP) is 4.53. The molecular formula is C22H21FN4OS2. The monoisotopic (exact) mass is 440 g/mol. The van der Waals surface area contributed by atoms with Crippen molar-refractivity contribution in [3.05, 3.63) is 69.2 Å². The van der Waals surface area contributed by atoms with E-state index in [1.54, 1.807) is 23.5 Å². The van der Waals surface area contributed by atoms with Crippen LogP contribution >= 0.6 is 22.7 Å². The molecule has 0 bridgehead atoms. The fourth-order valence-corrected chi connectivity index (χ4v) is 5.40. The zero-order chi connectivity index (χ0) is 20.7. The normalized spacial score (nSPS) is 15.2. The lowest BCUT2D eigenvalue weighted by Gasteiger charge is -2.34. The van der Waals surface area contributed by atoms with Crippen molar-refractivity contribution in [1.82, 2.24) is 19.2 Å². The Morgan fingerprint density at radius 2 is 1.90 bits per heavy atom. The lowest BCUT2D eigenvalue weighted by atomic mass is 10.1. The maximum absolute atomic E-state index is 13.4.